The number of aromatic nitrogens is 2. The fraction of sp³-hybridized carbons (Fsp3) is 0.111. The van der Waals surface area contributed by atoms with Gasteiger partial charge in [-0.2, -0.15) is 9.37 Å². The molecule has 0 radical (unpaired) electrons. The van der Waals surface area contributed by atoms with Gasteiger partial charge < -0.3 is 4.74 Å². The van der Waals surface area contributed by atoms with E-state index in [1.54, 1.807) is 0 Å². The summed E-state index contributed by atoms with van der Waals surface area (Å²) < 4.78 is 18.9. The molecule has 0 N–H and O–H groups in total. The van der Waals surface area contributed by atoms with Crippen molar-refractivity contribution in [3.8, 4) is 16.5 Å². The van der Waals surface area contributed by atoms with Crippen molar-refractivity contribution < 1.29 is 9.13 Å². The second-order valence-corrected chi connectivity index (χ2v) is 4.51. The van der Waals surface area contributed by atoms with Gasteiger partial charge in [0.05, 0.1) is 18.2 Å². The SMILES string of the molecule is COc1cnc(-c2cc(Br)cs2)nc1F. The lowest BCUT2D eigenvalue weighted by Crippen LogP contribution is -1.95. The van der Waals surface area contributed by atoms with Crippen LogP contribution in [-0.4, -0.2) is 17.1 Å². The largest absolute Gasteiger partial charge is 0.491 e. The third-order valence-electron chi connectivity index (χ3n) is 1.72. The summed E-state index contributed by atoms with van der Waals surface area (Å²) >= 11 is 4.76. The lowest BCUT2D eigenvalue weighted by molar-refractivity contribution is 0.375. The number of nitrogens with zero attached hydrogens (tertiary/aromatic N) is 2. The summed E-state index contributed by atoms with van der Waals surface area (Å²) in [7, 11) is 1.38. The molecule has 2 rings (SSSR count). The Morgan fingerprint density at radius 2 is 2.33 bits per heavy atom. The molecule has 2 heterocycles. The molecule has 15 heavy (non-hydrogen) atoms. The van der Waals surface area contributed by atoms with E-state index < -0.39 is 5.95 Å². The van der Waals surface area contributed by atoms with Gasteiger partial charge in [0.15, 0.2) is 11.6 Å². The molecule has 0 aliphatic carbocycles. The van der Waals surface area contributed by atoms with E-state index in [0.717, 1.165) is 9.35 Å². The number of rotatable bonds is 2. The highest BCUT2D eigenvalue weighted by molar-refractivity contribution is 9.10. The Bertz CT molecular complexity index is 489. The molecule has 0 bridgehead atoms. The van der Waals surface area contributed by atoms with E-state index >= 15 is 0 Å². The third kappa shape index (κ3) is 2.15. The first-order chi connectivity index (χ1) is 7.20. The lowest BCUT2D eigenvalue weighted by atomic mass is 10.4. The Hall–Kier alpha value is -1.01. The smallest absolute Gasteiger partial charge is 0.258 e. The number of methoxy groups -OCH3 is 1. The van der Waals surface area contributed by atoms with Gasteiger partial charge in [-0.3, -0.25) is 0 Å². The molecule has 0 fully saturated rings. The van der Waals surface area contributed by atoms with Crippen LogP contribution in [0.2, 0.25) is 0 Å². The van der Waals surface area contributed by atoms with E-state index in [1.807, 2.05) is 11.4 Å². The molecule has 0 aliphatic heterocycles. The van der Waals surface area contributed by atoms with Crippen molar-refractivity contribution in [3.05, 3.63) is 28.1 Å². The molecular weight excluding hydrogens is 283 g/mol. The summed E-state index contributed by atoms with van der Waals surface area (Å²) in [5.41, 5.74) is 0. The topological polar surface area (TPSA) is 35.0 Å². The monoisotopic (exact) mass is 288 g/mol. The summed E-state index contributed by atoms with van der Waals surface area (Å²) in [5, 5.41) is 1.89. The first-order valence-corrected chi connectivity index (χ1v) is 5.69. The molecule has 6 heteroatoms. The Morgan fingerprint density at radius 3 is 2.87 bits per heavy atom. The highest BCUT2D eigenvalue weighted by atomic mass is 79.9. The van der Waals surface area contributed by atoms with Gasteiger partial charge in [0.2, 0.25) is 0 Å². The lowest BCUT2D eigenvalue weighted by Gasteiger charge is -2.00. The second kappa shape index (κ2) is 4.24. The van der Waals surface area contributed by atoms with Crippen LogP contribution in [0.25, 0.3) is 10.7 Å². The fourth-order valence-electron chi connectivity index (χ4n) is 1.04. The van der Waals surface area contributed by atoms with Crippen LogP contribution in [0.15, 0.2) is 22.1 Å². The second-order valence-electron chi connectivity index (χ2n) is 2.68. The third-order valence-corrected chi connectivity index (χ3v) is 3.41. The minimum absolute atomic E-state index is 0.0503. The van der Waals surface area contributed by atoms with Crippen molar-refractivity contribution in [2.45, 2.75) is 0 Å². The van der Waals surface area contributed by atoms with Crippen LogP contribution in [0.5, 0.6) is 5.75 Å². The molecule has 2 aromatic heterocycles. The predicted molar refractivity (Wildman–Crippen MR) is 59.6 cm³/mol. The van der Waals surface area contributed by atoms with Crippen molar-refractivity contribution in [1.29, 1.82) is 0 Å². The van der Waals surface area contributed by atoms with E-state index in [9.17, 15) is 4.39 Å². The van der Waals surface area contributed by atoms with Crippen LogP contribution in [0.4, 0.5) is 4.39 Å². The number of thiophene rings is 1. The van der Waals surface area contributed by atoms with E-state index in [0.29, 0.717) is 5.82 Å². The maximum absolute atomic E-state index is 13.3. The van der Waals surface area contributed by atoms with Crippen molar-refractivity contribution in [3.63, 3.8) is 0 Å². The maximum Gasteiger partial charge on any atom is 0.258 e. The molecule has 0 spiro atoms. The molecule has 0 aliphatic rings. The van der Waals surface area contributed by atoms with Gasteiger partial charge in [0.1, 0.15) is 0 Å². The standard InChI is InChI=1S/C9H6BrFN2OS/c1-14-6-3-12-9(13-8(6)11)7-2-5(10)4-15-7/h2-4H,1H3. The summed E-state index contributed by atoms with van der Waals surface area (Å²) in [6, 6.07) is 1.84. The molecular formula is C9H6BrFN2OS. The average Bonchev–Trinajstić information content (AvgIpc) is 2.65. The van der Waals surface area contributed by atoms with E-state index in [-0.39, 0.29) is 5.75 Å². The van der Waals surface area contributed by atoms with E-state index in [1.165, 1.54) is 24.6 Å². The molecule has 0 amide bonds. The van der Waals surface area contributed by atoms with Gasteiger partial charge in [-0.25, -0.2) is 4.98 Å². The Morgan fingerprint density at radius 1 is 1.53 bits per heavy atom. The van der Waals surface area contributed by atoms with E-state index in [4.69, 9.17) is 4.74 Å². The summed E-state index contributed by atoms with van der Waals surface area (Å²) in [6.07, 6.45) is 1.32. The quantitative estimate of drug-likeness (QED) is 0.797. The van der Waals surface area contributed by atoms with Crippen molar-refractivity contribution >= 4 is 27.3 Å². The summed E-state index contributed by atoms with van der Waals surface area (Å²) in [5.74, 6) is -0.231. The Balaban J connectivity index is 2.42. The van der Waals surface area contributed by atoms with Crippen LogP contribution in [0.1, 0.15) is 0 Å². The molecule has 0 atom stereocenters. The minimum Gasteiger partial charge on any atom is -0.491 e. The van der Waals surface area contributed by atoms with Gasteiger partial charge in [-0.1, -0.05) is 0 Å². The van der Waals surface area contributed by atoms with Gasteiger partial charge in [0, 0.05) is 9.85 Å². The molecule has 0 unspecified atom stereocenters. The first-order valence-electron chi connectivity index (χ1n) is 4.01. The van der Waals surface area contributed by atoms with Crippen LogP contribution in [-0.2, 0) is 0 Å². The Labute approximate surface area is 98.1 Å². The predicted octanol–water partition coefficient (Wildman–Crippen LogP) is 3.12. The summed E-state index contributed by atoms with van der Waals surface area (Å²) in [4.78, 5) is 8.53. The molecule has 2 aromatic rings. The van der Waals surface area contributed by atoms with Crippen LogP contribution < -0.4 is 4.74 Å². The average molecular weight is 289 g/mol. The number of hydrogen-bond acceptors (Lipinski definition) is 4. The molecule has 0 saturated carbocycles. The summed E-state index contributed by atoms with van der Waals surface area (Å²) in [6.45, 7) is 0. The highest BCUT2D eigenvalue weighted by Crippen LogP contribution is 2.28. The van der Waals surface area contributed by atoms with Gasteiger partial charge in [-0.15, -0.1) is 11.3 Å². The van der Waals surface area contributed by atoms with Crippen LogP contribution in [0, 0.1) is 5.95 Å². The fourth-order valence-corrected chi connectivity index (χ4v) is 2.40. The van der Waals surface area contributed by atoms with Crippen molar-refractivity contribution in [1.82, 2.24) is 9.97 Å². The van der Waals surface area contributed by atoms with Crippen LogP contribution in [0.3, 0.4) is 0 Å². The maximum atomic E-state index is 13.3. The zero-order valence-corrected chi connectivity index (χ0v) is 10.1. The van der Waals surface area contributed by atoms with Crippen molar-refractivity contribution in [2.75, 3.05) is 7.11 Å². The van der Waals surface area contributed by atoms with Gasteiger partial charge in [0.25, 0.3) is 5.95 Å². The zero-order valence-electron chi connectivity index (χ0n) is 7.70. The molecule has 3 nitrogen and oxygen atoms in total. The zero-order chi connectivity index (χ0) is 10.8. The minimum atomic E-state index is -0.646. The van der Waals surface area contributed by atoms with Gasteiger partial charge >= 0.3 is 0 Å². The van der Waals surface area contributed by atoms with Crippen molar-refractivity contribution in [2.24, 2.45) is 0 Å². The first kappa shape index (κ1) is 10.5. The van der Waals surface area contributed by atoms with Crippen LogP contribution >= 0.6 is 27.3 Å². The normalized spacial score (nSPS) is 10.3. The molecule has 0 aromatic carbocycles. The van der Waals surface area contributed by atoms with Gasteiger partial charge in [-0.05, 0) is 22.0 Å². The number of ether oxygens (including phenoxy) is 1. The Kier molecular flexibility index (Phi) is 2.97. The number of halogens is 2. The number of hydrogen-bond donors (Lipinski definition) is 0. The molecule has 0 saturated heterocycles. The highest BCUT2D eigenvalue weighted by Gasteiger charge is 2.09. The van der Waals surface area contributed by atoms with E-state index in [2.05, 4.69) is 25.9 Å². The molecule has 78 valence electrons.